The molecule has 1 N–H and O–H groups in total. The summed E-state index contributed by atoms with van der Waals surface area (Å²) in [5, 5.41) is 3.53. The standard InChI is InChI=1S/C14H21NO/c1-12-5-7-14(8-6-12)16-11-9-13-4-2-3-10-15-13/h5-8,13,15H,2-4,9-11H2,1H3. The van der Waals surface area contributed by atoms with E-state index in [1.165, 1.54) is 31.4 Å². The first-order valence-corrected chi connectivity index (χ1v) is 6.27. The second-order valence-electron chi connectivity index (χ2n) is 4.60. The molecule has 88 valence electrons. The number of aryl methyl sites for hydroxylation is 1. The summed E-state index contributed by atoms with van der Waals surface area (Å²) in [4.78, 5) is 0. The van der Waals surface area contributed by atoms with E-state index in [1.54, 1.807) is 0 Å². The number of rotatable bonds is 4. The van der Waals surface area contributed by atoms with Crippen LogP contribution in [0.4, 0.5) is 0 Å². The van der Waals surface area contributed by atoms with E-state index in [-0.39, 0.29) is 0 Å². The summed E-state index contributed by atoms with van der Waals surface area (Å²) in [6, 6.07) is 8.94. The van der Waals surface area contributed by atoms with Gasteiger partial charge in [-0.05, 0) is 44.9 Å². The van der Waals surface area contributed by atoms with Crippen LogP contribution in [0.3, 0.4) is 0 Å². The Labute approximate surface area is 98.0 Å². The largest absolute Gasteiger partial charge is 0.494 e. The van der Waals surface area contributed by atoms with Crippen LogP contribution in [0.2, 0.25) is 0 Å². The second kappa shape index (κ2) is 5.90. The molecular formula is C14H21NO. The van der Waals surface area contributed by atoms with E-state index < -0.39 is 0 Å². The molecule has 0 aliphatic carbocycles. The Hall–Kier alpha value is -1.02. The molecule has 1 aromatic rings. The van der Waals surface area contributed by atoms with Crippen LogP contribution < -0.4 is 10.1 Å². The fourth-order valence-electron chi connectivity index (χ4n) is 2.12. The van der Waals surface area contributed by atoms with Gasteiger partial charge in [0.05, 0.1) is 6.61 Å². The molecule has 1 heterocycles. The van der Waals surface area contributed by atoms with Crippen LogP contribution in [0, 0.1) is 6.92 Å². The van der Waals surface area contributed by atoms with Crippen LogP contribution in [0.25, 0.3) is 0 Å². The van der Waals surface area contributed by atoms with Gasteiger partial charge in [-0.1, -0.05) is 24.1 Å². The summed E-state index contributed by atoms with van der Waals surface area (Å²) >= 11 is 0. The van der Waals surface area contributed by atoms with Crippen LogP contribution in [0.15, 0.2) is 24.3 Å². The molecule has 1 atom stereocenters. The van der Waals surface area contributed by atoms with E-state index in [4.69, 9.17) is 4.74 Å². The minimum Gasteiger partial charge on any atom is -0.494 e. The van der Waals surface area contributed by atoms with Crippen molar-refractivity contribution in [3.8, 4) is 5.75 Å². The third kappa shape index (κ3) is 3.53. The predicted molar refractivity (Wildman–Crippen MR) is 66.9 cm³/mol. The number of piperidine rings is 1. The second-order valence-corrected chi connectivity index (χ2v) is 4.60. The number of benzene rings is 1. The monoisotopic (exact) mass is 219 g/mol. The van der Waals surface area contributed by atoms with Gasteiger partial charge in [-0.2, -0.15) is 0 Å². The number of hydrogen-bond acceptors (Lipinski definition) is 2. The highest BCUT2D eigenvalue weighted by atomic mass is 16.5. The highest BCUT2D eigenvalue weighted by Crippen LogP contribution is 2.14. The van der Waals surface area contributed by atoms with Crippen molar-refractivity contribution < 1.29 is 4.74 Å². The van der Waals surface area contributed by atoms with Crippen LogP contribution in [0.1, 0.15) is 31.2 Å². The molecular weight excluding hydrogens is 198 g/mol. The van der Waals surface area contributed by atoms with Crippen molar-refractivity contribution >= 4 is 0 Å². The fraction of sp³-hybridized carbons (Fsp3) is 0.571. The van der Waals surface area contributed by atoms with Crippen molar-refractivity contribution in [3.63, 3.8) is 0 Å². The molecule has 2 heteroatoms. The van der Waals surface area contributed by atoms with Crippen molar-refractivity contribution in [1.82, 2.24) is 5.32 Å². The maximum atomic E-state index is 5.72. The van der Waals surface area contributed by atoms with Crippen LogP contribution >= 0.6 is 0 Å². The molecule has 2 nitrogen and oxygen atoms in total. The summed E-state index contributed by atoms with van der Waals surface area (Å²) in [7, 11) is 0. The predicted octanol–water partition coefficient (Wildman–Crippen LogP) is 2.91. The third-order valence-corrected chi connectivity index (χ3v) is 3.17. The highest BCUT2D eigenvalue weighted by molar-refractivity contribution is 5.26. The third-order valence-electron chi connectivity index (χ3n) is 3.17. The van der Waals surface area contributed by atoms with Crippen LogP contribution in [-0.4, -0.2) is 19.2 Å². The lowest BCUT2D eigenvalue weighted by atomic mass is 10.0. The average molecular weight is 219 g/mol. The molecule has 0 amide bonds. The maximum Gasteiger partial charge on any atom is 0.119 e. The molecule has 0 radical (unpaired) electrons. The van der Waals surface area contributed by atoms with Gasteiger partial charge >= 0.3 is 0 Å². The highest BCUT2D eigenvalue weighted by Gasteiger charge is 2.11. The first-order valence-electron chi connectivity index (χ1n) is 6.27. The van der Waals surface area contributed by atoms with E-state index in [9.17, 15) is 0 Å². The van der Waals surface area contributed by atoms with Crippen molar-refractivity contribution in [2.24, 2.45) is 0 Å². The van der Waals surface area contributed by atoms with Gasteiger partial charge < -0.3 is 10.1 Å². The Bertz CT molecular complexity index is 301. The zero-order chi connectivity index (χ0) is 11.2. The van der Waals surface area contributed by atoms with E-state index >= 15 is 0 Å². The maximum absolute atomic E-state index is 5.72. The zero-order valence-electron chi connectivity index (χ0n) is 10.0. The molecule has 1 aromatic carbocycles. The summed E-state index contributed by atoms with van der Waals surface area (Å²) in [6.07, 6.45) is 5.11. The quantitative estimate of drug-likeness (QED) is 0.840. The van der Waals surface area contributed by atoms with Crippen LogP contribution in [0.5, 0.6) is 5.75 Å². The lowest BCUT2D eigenvalue weighted by Crippen LogP contribution is -2.35. The van der Waals surface area contributed by atoms with Gasteiger partial charge in [-0.25, -0.2) is 0 Å². The molecule has 16 heavy (non-hydrogen) atoms. The molecule has 0 saturated carbocycles. The lowest BCUT2D eigenvalue weighted by molar-refractivity contribution is 0.268. The Morgan fingerprint density at radius 2 is 2.06 bits per heavy atom. The lowest BCUT2D eigenvalue weighted by Gasteiger charge is -2.23. The molecule has 2 rings (SSSR count). The SMILES string of the molecule is Cc1ccc(OCCC2CCCCN2)cc1. The Balaban J connectivity index is 1.69. The molecule has 1 aliphatic rings. The summed E-state index contributed by atoms with van der Waals surface area (Å²) in [6.45, 7) is 4.09. The Morgan fingerprint density at radius 3 is 2.75 bits per heavy atom. The topological polar surface area (TPSA) is 21.3 Å². The minimum absolute atomic E-state index is 0.666. The summed E-state index contributed by atoms with van der Waals surface area (Å²) < 4.78 is 5.72. The first-order chi connectivity index (χ1) is 7.84. The van der Waals surface area contributed by atoms with E-state index in [1.807, 2.05) is 12.1 Å². The van der Waals surface area contributed by atoms with Crippen molar-refractivity contribution in [3.05, 3.63) is 29.8 Å². The molecule has 1 unspecified atom stereocenters. The van der Waals surface area contributed by atoms with Gasteiger partial charge in [0.1, 0.15) is 5.75 Å². The van der Waals surface area contributed by atoms with Gasteiger partial charge in [-0.15, -0.1) is 0 Å². The molecule has 0 bridgehead atoms. The molecule has 0 aromatic heterocycles. The number of hydrogen-bond donors (Lipinski definition) is 1. The van der Waals surface area contributed by atoms with Gasteiger partial charge in [0.2, 0.25) is 0 Å². The number of nitrogens with one attached hydrogen (secondary N) is 1. The van der Waals surface area contributed by atoms with Gasteiger partial charge in [0, 0.05) is 6.04 Å². The molecule has 0 spiro atoms. The zero-order valence-corrected chi connectivity index (χ0v) is 10.0. The van der Waals surface area contributed by atoms with Gasteiger partial charge in [-0.3, -0.25) is 0 Å². The van der Waals surface area contributed by atoms with Crippen LogP contribution in [-0.2, 0) is 0 Å². The first kappa shape index (κ1) is 11.5. The van der Waals surface area contributed by atoms with E-state index in [0.717, 1.165) is 18.8 Å². The van der Waals surface area contributed by atoms with Crippen molar-refractivity contribution in [1.29, 1.82) is 0 Å². The van der Waals surface area contributed by atoms with E-state index in [0.29, 0.717) is 6.04 Å². The smallest absolute Gasteiger partial charge is 0.119 e. The average Bonchev–Trinajstić information content (AvgIpc) is 2.33. The Kier molecular flexibility index (Phi) is 4.23. The van der Waals surface area contributed by atoms with E-state index in [2.05, 4.69) is 24.4 Å². The molecule has 1 aliphatic heterocycles. The number of ether oxygens (including phenoxy) is 1. The summed E-state index contributed by atoms with van der Waals surface area (Å²) in [5.74, 6) is 0.987. The fourth-order valence-corrected chi connectivity index (χ4v) is 2.12. The summed E-state index contributed by atoms with van der Waals surface area (Å²) in [5.41, 5.74) is 1.28. The molecule has 1 saturated heterocycles. The van der Waals surface area contributed by atoms with Gasteiger partial charge in [0.25, 0.3) is 0 Å². The molecule has 1 fully saturated rings. The van der Waals surface area contributed by atoms with Crippen molar-refractivity contribution in [2.75, 3.05) is 13.2 Å². The Morgan fingerprint density at radius 1 is 1.25 bits per heavy atom. The normalized spacial score (nSPS) is 20.7. The van der Waals surface area contributed by atoms with Gasteiger partial charge in [0.15, 0.2) is 0 Å². The minimum atomic E-state index is 0.666. The van der Waals surface area contributed by atoms with Crippen molar-refractivity contribution in [2.45, 2.75) is 38.6 Å².